The summed E-state index contributed by atoms with van der Waals surface area (Å²) in [5.41, 5.74) is 0.601. The first kappa shape index (κ1) is 22.4. The standard InChI is InChI=1S/C23H24N2O5S2/c1-15-11-13-25(14-12-15)32(28,29)17-9-7-16(8-10-17)21(26)24-22-20(23(27)30-2)18-5-3-4-6-19(18)31-22/h3-10,15H,11-14H2,1-2H3,(H,24,26). The van der Waals surface area contributed by atoms with Gasteiger partial charge in [-0.3, -0.25) is 4.79 Å². The molecule has 168 valence electrons. The maximum Gasteiger partial charge on any atom is 0.341 e. The fraction of sp³-hybridized carbons (Fsp3) is 0.304. The minimum Gasteiger partial charge on any atom is -0.465 e. The number of methoxy groups -OCH3 is 1. The van der Waals surface area contributed by atoms with Crippen LogP contribution in [0.25, 0.3) is 10.1 Å². The highest BCUT2D eigenvalue weighted by atomic mass is 32.2. The van der Waals surface area contributed by atoms with E-state index in [0.29, 0.717) is 40.5 Å². The molecule has 0 radical (unpaired) electrons. The molecule has 32 heavy (non-hydrogen) atoms. The number of esters is 1. The van der Waals surface area contributed by atoms with Crippen LogP contribution < -0.4 is 5.32 Å². The summed E-state index contributed by atoms with van der Waals surface area (Å²) in [6.07, 6.45) is 1.69. The maximum absolute atomic E-state index is 12.9. The Morgan fingerprint density at radius 2 is 1.72 bits per heavy atom. The number of thiophene rings is 1. The van der Waals surface area contributed by atoms with Crippen molar-refractivity contribution >= 4 is 48.3 Å². The Kier molecular flexibility index (Phi) is 6.32. The van der Waals surface area contributed by atoms with Crippen molar-refractivity contribution in [3.63, 3.8) is 0 Å². The lowest BCUT2D eigenvalue weighted by Crippen LogP contribution is -2.37. The molecule has 0 bridgehead atoms. The summed E-state index contributed by atoms with van der Waals surface area (Å²) in [4.78, 5) is 25.3. The van der Waals surface area contributed by atoms with E-state index in [0.717, 1.165) is 17.5 Å². The Morgan fingerprint density at radius 3 is 2.38 bits per heavy atom. The van der Waals surface area contributed by atoms with Crippen LogP contribution in [-0.4, -0.2) is 44.8 Å². The van der Waals surface area contributed by atoms with Gasteiger partial charge < -0.3 is 10.1 Å². The van der Waals surface area contributed by atoms with Gasteiger partial charge in [0.2, 0.25) is 10.0 Å². The van der Waals surface area contributed by atoms with Gasteiger partial charge >= 0.3 is 5.97 Å². The minimum atomic E-state index is -3.58. The van der Waals surface area contributed by atoms with Crippen LogP contribution >= 0.6 is 11.3 Å². The number of rotatable bonds is 5. The van der Waals surface area contributed by atoms with E-state index in [-0.39, 0.29) is 4.90 Å². The van der Waals surface area contributed by atoms with Gasteiger partial charge in [0.15, 0.2) is 0 Å². The first-order valence-corrected chi connectivity index (χ1v) is 12.6. The second-order valence-electron chi connectivity index (χ2n) is 7.86. The molecule has 1 N–H and O–H groups in total. The van der Waals surface area contributed by atoms with Crippen molar-refractivity contribution in [3.8, 4) is 0 Å². The molecule has 4 rings (SSSR count). The molecule has 1 aliphatic heterocycles. The number of fused-ring (bicyclic) bond motifs is 1. The van der Waals surface area contributed by atoms with Crippen LogP contribution in [0.4, 0.5) is 5.00 Å². The summed E-state index contributed by atoms with van der Waals surface area (Å²) in [5.74, 6) is -0.441. The first-order chi connectivity index (χ1) is 15.3. The SMILES string of the molecule is COC(=O)c1c(NC(=O)c2ccc(S(=O)(=O)N3CCC(C)CC3)cc2)sc2ccccc12. The van der Waals surface area contributed by atoms with Crippen LogP contribution in [0.3, 0.4) is 0 Å². The molecule has 2 heterocycles. The van der Waals surface area contributed by atoms with Crippen molar-refractivity contribution in [1.82, 2.24) is 4.31 Å². The molecule has 1 fully saturated rings. The van der Waals surface area contributed by atoms with Crippen molar-refractivity contribution < 1.29 is 22.7 Å². The lowest BCUT2D eigenvalue weighted by molar-refractivity contribution is 0.0604. The summed E-state index contributed by atoms with van der Waals surface area (Å²) < 4.78 is 33.0. The zero-order valence-corrected chi connectivity index (χ0v) is 19.5. The second-order valence-corrected chi connectivity index (χ2v) is 10.8. The Balaban J connectivity index is 1.56. The molecule has 0 spiro atoms. The Labute approximate surface area is 191 Å². The second kappa shape index (κ2) is 9.01. The normalized spacial score (nSPS) is 15.6. The Morgan fingerprint density at radius 1 is 1.06 bits per heavy atom. The van der Waals surface area contributed by atoms with Crippen LogP contribution in [0, 0.1) is 5.92 Å². The van der Waals surface area contributed by atoms with Crippen molar-refractivity contribution in [1.29, 1.82) is 0 Å². The molecule has 1 aliphatic rings. The zero-order chi connectivity index (χ0) is 22.9. The Bertz CT molecular complexity index is 1260. The van der Waals surface area contributed by atoms with Crippen LogP contribution in [0.2, 0.25) is 0 Å². The molecule has 0 unspecified atom stereocenters. The molecule has 3 aromatic rings. The lowest BCUT2D eigenvalue weighted by atomic mass is 10.0. The Hall–Kier alpha value is -2.75. The molecule has 0 aliphatic carbocycles. The number of nitrogens with zero attached hydrogens (tertiary/aromatic N) is 1. The fourth-order valence-corrected chi connectivity index (χ4v) is 6.32. The molecule has 1 aromatic heterocycles. The van der Waals surface area contributed by atoms with Gasteiger partial charge in [-0.15, -0.1) is 11.3 Å². The van der Waals surface area contributed by atoms with Crippen molar-refractivity contribution in [2.24, 2.45) is 5.92 Å². The number of ether oxygens (including phenoxy) is 1. The number of hydrogen-bond acceptors (Lipinski definition) is 6. The van der Waals surface area contributed by atoms with E-state index in [9.17, 15) is 18.0 Å². The highest BCUT2D eigenvalue weighted by molar-refractivity contribution is 7.89. The molecule has 0 atom stereocenters. The molecule has 9 heteroatoms. The number of anilines is 1. The molecule has 7 nitrogen and oxygen atoms in total. The van der Waals surface area contributed by atoms with Gasteiger partial charge in [0.1, 0.15) is 10.6 Å². The van der Waals surface area contributed by atoms with Crippen LogP contribution in [0.5, 0.6) is 0 Å². The van der Waals surface area contributed by atoms with Gasteiger partial charge in [0.05, 0.1) is 12.0 Å². The summed E-state index contributed by atoms with van der Waals surface area (Å²) in [6.45, 7) is 3.14. The zero-order valence-electron chi connectivity index (χ0n) is 17.8. The molecular formula is C23H24N2O5S2. The van der Waals surface area contributed by atoms with Crippen LogP contribution in [0.1, 0.15) is 40.5 Å². The number of piperidine rings is 1. The maximum atomic E-state index is 12.9. The van der Waals surface area contributed by atoms with E-state index < -0.39 is 21.9 Å². The summed E-state index contributed by atoms with van der Waals surface area (Å²) in [6, 6.07) is 13.2. The first-order valence-electron chi connectivity index (χ1n) is 10.3. The summed E-state index contributed by atoms with van der Waals surface area (Å²) in [5, 5.41) is 3.87. The summed E-state index contributed by atoms with van der Waals surface area (Å²) in [7, 11) is -2.29. The predicted molar refractivity (Wildman–Crippen MR) is 125 cm³/mol. The molecule has 2 aromatic carbocycles. The highest BCUT2D eigenvalue weighted by Crippen LogP contribution is 2.36. The molecule has 1 amide bonds. The van der Waals surface area contributed by atoms with Crippen LogP contribution in [-0.2, 0) is 14.8 Å². The van der Waals surface area contributed by atoms with E-state index >= 15 is 0 Å². The fourth-order valence-electron chi connectivity index (χ4n) is 3.77. The van der Waals surface area contributed by atoms with Crippen molar-refractivity contribution in [2.75, 3.05) is 25.5 Å². The third kappa shape index (κ3) is 4.28. The van der Waals surface area contributed by atoms with Gasteiger partial charge in [0.25, 0.3) is 5.91 Å². The van der Waals surface area contributed by atoms with E-state index in [1.807, 2.05) is 18.2 Å². The summed E-state index contributed by atoms with van der Waals surface area (Å²) >= 11 is 1.28. The van der Waals surface area contributed by atoms with Gasteiger partial charge in [-0.1, -0.05) is 25.1 Å². The van der Waals surface area contributed by atoms with E-state index in [1.54, 1.807) is 6.07 Å². The quantitative estimate of drug-likeness (QED) is 0.557. The largest absolute Gasteiger partial charge is 0.465 e. The smallest absolute Gasteiger partial charge is 0.341 e. The number of amides is 1. The molecule has 1 saturated heterocycles. The van der Waals surface area contributed by atoms with E-state index in [2.05, 4.69) is 12.2 Å². The van der Waals surface area contributed by atoms with E-state index in [1.165, 1.54) is 47.0 Å². The number of carbonyl (C=O) groups is 2. The minimum absolute atomic E-state index is 0.167. The average Bonchev–Trinajstić information content (AvgIpc) is 3.16. The number of hydrogen-bond donors (Lipinski definition) is 1. The monoisotopic (exact) mass is 472 g/mol. The van der Waals surface area contributed by atoms with E-state index in [4.69, 9.17) is 4.74 Å². The highest BCUT2D eigenvalue weighted by Gasteiger charge is 2.28. The third-order valence-electron chi connectivity index (χ3n) is 5.71. The van der Waals surface area contributed by atoms with Gasteiger partial charge in [-0.25, -0.2) is 13.2 Å². The number of nitrogens with one attached hydrogen (secondary N) is 1. The van der Waals surface area contributed by atoms with Gasteiger partial charge in [0, 0.05) is 28.7 Å². The lowest BCUT2D eigenvalue weighted by Gasteiger charge is -2.29. The predicted octanol–water partition coefficient (Wildman–Crippen LogP) is 4.36. The molecular weight excluding hydrogens is 448 g/mol. The van der Waals surface area contributed by atoms with Crippen molar-refractivity contribution in [3.05, 3.63) is 59.7 Å². The average molecular weight is 473 g/mol. The number of benzene rings is 2. The molecule has 0 saturated carbocycles. The number of carbonyl (C=O) groups excluding carboxylic acids is 2. The van der Waals surface area contributed by atoms with Crippen molar-refractivity contribution in [2.45, 2.75) is 24.7 Å². The van der Waals surface area contributed by atoms with Crippen LogP contribution in [0.15, 0.2) is 53.4 Å². The van der Waals surface area contributed by atoms with Gasteiger partial charge in [-0.05, 0) is 49.1 Å². The number of sulfonamides is 1. The topological polar surface area (TPSA) is 92.8 Å². The third-order valence-corrected chi connectivity index (χ3v) is 8.71. The van der Waals surface area contributed by atoms with Gasteiger partial charge in [-0.2, -0.15) is 4.31 Å².